The van der Waals surface area contributed by atoms with Crippen LogP contribution in [0, 0.1) is 34.5 Å². The van der Waals surface area contributed by atoms with Gasteiger partial charge in [-0.25, -0.2) is 0 Å². The van der Waals surface area contributed by atoms with Gasteiger partial charge in [-0.1, -0.05) is 13.8 Å². The highest BCUT2D eigenvalue weighted by Crippen LogP contribution is 2.66. The maximum absolute atomic E-state index is 11.6. The van der Waals surface area contributed by atoms with Crippen LogP contribution in [-0.4, -0.2) is 24.1 Å². The van der Waals surface area contributed by atoms with Gasteiger partial charge in [-0.05, 0) is 86.9 Å². The van der Waals surface area contributed by atoms with Crippen molar-refractivity contribution in [3.05, 3.63) is 0 Å². The molecule has 0 aromatic rings. The van der Waals surface area contributed by atoms with E-state index in [2.05, 4.69) is 13.8 Å². The molecule has 0 heterocycles. The molecule has 0 spiro atoms. The Hall–Kier alpha value is -1.06. The van der Waals surface area contributed by atoms with Gasteiger partial charge in [-0.15, -0.1) is 0 Å². The van der Waals surface area contributed by atoms with Crippen LogP contribution < -0.4 is 0 Å². The van der Waals surface area contributed by atoms with Crippen molar-refractivity contribution in [2.24, 2.45) is 34.5 Å². The third kappa shape index (κ3) is 3.11. The molecule has 0 amide bonds. The Bertz CT molecular complexity index is 615. The summed E-state index contributed by atoms with van der Waals surface area (Å²) in [5, 5.41) is 0. The molecule has 0 N–H and O–H groups in total. The van der Waals surface area contributed by atoms with E-state index in [1.54, 1.807) is 6.92 Å². The molecule has 0 aromatic heterocycles. The predicted octanol–water partition coefficient (Wildman–Crippen LogP) is 4.89. The minimum Gasteiger partial charge on any atom is -0.463 e. The fourth-order valence-corrected chi connectivity index (χ4v) is 7.91. The smallest absolute Gasteiger partial charge is 0.302 e. The van der Waals surface area contributed by atoms with E-state index in [0.717, 1.165) is 31.1 Å². The van der Waals surface area contributed by atoms with E-state index in [-0.39, 0.29) is 29.6 Å². The van der Waals surface area contributed by atoms with Gasteiger partial charge in [0.05, 0.1) is 0 Å². The predicted molar refractivity (Wildman–Crippen MR) is 103 cm³/mol. The highest BCUT2D eigenvalue weighted by Gasteiger charge is 2.61. The lowest BCUT2D eigenvalue weighted by molar-refractivity contribution is -0.167. The largest absolute Gasteiger partial charge is 0.463 e. The summed E-state index contributed by atoms with van der Waals surface area (Å²) in [6.45, 7) is 8.00. The topological polar surface area (TPSA) is 52.6 Å². The summed E-state index contributed by atoms with van der Waals surface area (Å²) in [4.78, 5) is 23.0. The Kier molecular flexibility index (Phi) is 4.83. The monoisotopic (exact) mass is 376 g/mol. The van der Waals surface area contributed by atoms with Crippen molar-refractivity contribution in [2.45, 2.75) is 97.7 Å². The van der Waals surface area contributed by atoms with Crippen molar-refractivity contribution in [3.63, 3.8) is 0 Å². The van der Waals surface area contributed by atoms with Gasteiger partial charge in [-0.3, -0.25) is 9.59 Å². The van der Waals surface area contributed by atoms with E-state index in [0.29, 0.717) is 17.3 Å². The first-order valence-corrected chi connectivity index (χ1v) is 11.1. The Morgan fingerprint density at radius 1 is 0.778 bits per heavy atom. The van der Waals surface area contributed by atoms with Crippen LogP contribution in [0.15, 0.2) is 0 Å². The van der Waals surface area contributed by atoms with Crippen LogP contribution in [0.25, 0.3) is 0 Å². The van der Waals surface area contributed by atoms with Gasteiger partial charge in [0.15, 0.2) is 0 Å². The molecule has 4 rings (SSSR count). The van der Waals surface area contributed by atoms with Crippen LogP contribution in [0.3, 0.4) is 0 Å². The van der Waals surface area contributed by atoms with E-state index >= 15 is 0 Å². The quantitative estimate of drug-likeness (QED) is 0.644. The molecule has 4 aliphatic rings. The Morgan fingerprint density at radius 2 is 1.44 bits per heavy atom. The van der Waals surface area contributed by atoms with Crippen LogP contribution in [0.4, 0.5) is 0 Å². The number of rotatable bonds is 2. The van der Waals surface area contributed by atoms with E-state index in [1.165, 1.54) is 45.4 Å². The molecule has 4 nitrogen and oxygen atoms in total. The first-order chi connectivity index (χ1) is 12.7. The molecule has 4 aliphatic carbocycles. The van der Waals surface area contributed by atoms with Gasteiger partial charge in [0.2, 0.25) is 0 Å². The summed E-state index contributed by atoms with van der Waals surface area (Å²) < 4.78 is 11.3. The van der Waals surface area contributed by atoms with Crippen molar-refractivity contribution >= 4 is 11.9 Å². The Morgan fingerprint density at radius 3 is 2.15 bits per heavy atom. The second kappa shape index (κ2) is 6.77. The fraction of sp³-hybridized carbons (Fsp3) is 0.913. The van der Waals surface area contributed by atoms with Crippen molar-refractivity contribution in [3.8, 4) is 0 Å². The number of hydrogen-bond acceptors (Lipinski definition) is 4. The number of carbonyl (C=O) groups excluding carboxylic acids is 2. The fourth-order valence-electron chi connectivity index (χ4n) is 7.91. The lowest BCUT2D eigenvalue weighted by Gasteiger charge is -2.60. The van der Waals surface area contributed by atoms with Crippen molar-refractivity contribution in [1.82, 2.24) is 0 Å². The third-order valence-corrected chi connectivity index (χ3v) is 9.17. The molecule has 0 radical (unpaired) electrons. The van der Waals surface area contributed by atoms with Gasteiger partial charge in [0.25, 0.3) is 0 Å². The number of hydrogen-bond donors (Lipinski definition) is 0. The van der Waals surface area contributed by atoms with E-state index in [9.17, 15) is 9.59 Å². The van der Waals surface area contributed by atoms with Gasteiger partial charge in [-0.2, -0.15) is 0 Å². The van der Waals surface area contributed by atoms with Gasteiger partial charge in [0.1, 0.15) is 12.2 Å². The van der Waals surface area contributed by atoms with Crippen LogP contribution in [-0.2, 0) is 19.1 Å². The molecule has 152 valence electrons. The van der Waals surface area contributed by atoms with E-state index in [4.69, 9.17) is 9.47 Å². The molecule has 0 saturated heterocycles. The molecule has 0 bridgehead atoms. The maximum Gasteiger partial charge on any atom is 0.302 e. The van der Waals surface area contributed by atoms with Crippen molar-refractivity contribution in [1.29, 1.82) is 0 Å². The first kappa shape index (κ1) is 19.3. The number of carbonyl (C=O) groups is 2. The summed E-state index contributed by atoms with van der Waals surface area (Å²) in [6.07, 6.45) is 10.8. The number of ether oxygens (including phenoxy) is 2. The van der Waals surface area contributed by atoms with Gasteiger partial charge < -0.3 is 9.47 Å². The van der Waals surface area contributed by atoms with E-state index in [1.807, 2.05) is 0 Å². The molecule has 4 heteroatoms. The Balaban J connectivity index is 1.51. The highest BCUT2D eigenvalue weighted by atomic mass is 16.5. The minimum absolute atomic E-state index is 0.117. The van der Waals surface area contributed by atoms with Gasteiger partial charge >= 0.3 is 11.9 Å². The summed E-state index contributed by atoms with van der Waals surface area (Å²) in [5.74, 6) is 2.69. The second-order valence-electron chi connectivity index (χ2n) is 10.4. The summed E-state index contributed by atoms with van der Waals surface area (Å²) >= 11 is 0. The third-order valence-electron chi connectivity index (χ3n) is 9.17. The first-order valence-electron chi connectivity index (χ1n) is 11.1. The minimum atomic E-state index is -0.131. The zero-order valence-electron chi connectivity index (χ0n) is 17.5. The van der Waals surface area contributed by atoms with Crippen LogP contribution in [0.2, 0.25) is 0 Å². The molecule has 0 unspecified atom stereocenters. The van der Waals surface area contributed by atoms with Crippen LogP contribution in [0.1, 0.15) is 85.5 Å². The average Bonchev–Trinajstić information content (AvgIpc) is 2.91. The molecule has 0 aliphatic heterocycles. The molecular formula is C23H36O4. The normalized spacial score (nSPS) is 48.7. The average molecular weight is 377 g/mol. The SMILES string of the molecule is CC(=O)O[C@H]1CC[C@@]2(C)[C@@H](CC[C@H]3[C@H]2CC[C@]2(C)[C@@H](OC(C)=O)CC[C@H]32)C1. The number of esters is 2. The molecule has 0 aromatic carbocycles. The second-order valence-corrected chi connectivity index (χ2v) is 10.4. The standard InChI is InChI=1S/C23H36O4/c1-14(24)26-17-9-11-22(3)16(13-17)5-6-18-19-7-8-21(27-15(2)25)23(19,4)12-10-20(18)22/h16-21H,5-13H2,1-4H3/t16-,17-,18+,19+,20+,21-,22-,23-/m0/s1. The van der Waals surface area contributed by atoms with Crippen molar-refractivity contribution < 1.29 is 19.1 Å². The molecule has 4 saturated carbocycles. The lowest BCUT2D eigenvalue weighted by Crippen LogP contribution is -2.54. The molecule has 27 heavy (non-hydrogen) atoms. The number of fused-ring (bicyclic) bond motifs is 5. The molecule has 4 fully saturated rings. The summed E-state index contributed by atoms with van der Waals surface area (Å²) in [7, 11) is 0. The zero-order chi connectivity index (χ0) is 19.4. The zero-order valence-corrected chi connectivity index (χ0v) is 17.5. The van der Waals surface area contributed by atoms with Crippen LogP contribution >= 0.6 is 0 Å². The van der Waals surface area contributed by atoms with E-state index < -0.39 is 0 Å². The van der Waals surface area contributed by atoms with Crippen molar-refractivity contribution in [2.75, 3.05) is 0 Å². The van der Waals surface area contributed by atoms with Gasteiger partial charge in [0, 0.05) is 19.3 Å². The molecular weight excluding hydrogens is 340 g/mol. The summed E-state index contributed by atoms with van der Waals surface area (Å²) in [5.41, 5.74) is 0.561. The van der Waals surface area contributed by atoms with Crippen LogP contribution in [0.5, 0.6) is 0 Å². The molecule has 8 atom stereocenters. The highest BCUT2D eigenvalue weighted by molar-refractivity contribution is 5.66. The Labute approximate surface area is 163 Å². The lowest BCUT2D eigenvalue weighted by atomic mass is 9.45. The summed E-state index contributed by atoms with van der Waals surface area (Å²) in [6, 6.07) is 0. The maximum atomic E-state index is 11.6.